The molecule has 0 saturated carbocycles. The molecule has 0 unspecified atom stereocenters. The Hall–Kier alpha value is -0.960. The average molecular weight is 182 g/mol. The van der Waals surface area contributed by atoms with Crippen LogP contribution in [-0.2, 0) is 6.42 Å². The van der Waals surface area contributed by atoms with Crippen LogP contribution in [-0.4, -0.2) is 24.7 Å². The third-order valence-electron chi connectivity index (χ3n) is 1.80. The maximum Gasteiger partial charge on any atom is 0.0906 e. The predicted octanol–water partition coefficient (Wildman–Crippen LogP) is 1.57. The van der Waals surface area contributed by atoms with Crippen molar-refractivity contribution in [3.05, 3.63) is 30.1 Å². The largest absolute Gasteiger partial charge is 0.316 e. The molecule has 0 spiro atoms. The highest BCUT2D eigenvalue weighted by Gasteiger charge is 1.91. The highest BCUT2D eigenvalue weighted by molar-refractivity contribution is 5.08. The molecule has 1 aromatic rings. The molecule has 13 heavy (non-hydrogen) atoms. The van der Waals surface area contributed by atoms with Gasteiger partial charge in [-0.1, -0.05) is 6.07 Å². The number of hydrogen-bond acceptors (Lipinski definition) is 2. The summed E-state index contributed by atoms with van der Waals surface area (Å²) in [7, 11) is 0. The van der Waals surface area contributed by atoms with Crippen LogP contribution in [0.5, 0.6) is 0 Å². The van der Waals surface area contributed by atoms with Gasteiger partial charge in [0.25, 0.3) is 0 Å². The van der Waals surface area contributed by atoms with Crippen molar-refractivity contribution in [1.29, 1.82) is 0 Å². The first kappa shape index (κ1) is 10.1. The van der Waals surface area contributed by atoms with E-state index < -0.39 is 0 Å². The predicted molar refractivity (Wildman–Crippen MR) is 51.4 cm³/mol. The molecule has 2 nitrogen and oxygen atoms in total. The molecule has 0 aliphatic heterocycles. The van der Waals surface area contributed by atoms with E-state index in [2.05, 4.69) is 10.3 Å². The SMILES string of the molecule is FCCCNCCc1cccnc1. The number of nitrogens with one attached hydrogen (secondary N) is 1. The highest BCUT2D eigenvalue weighted by atomic mass is 19.1. The zero-order chi connectivity index (χ0) is 9.36. The van der Waals surface area contributed by atoms with Crippen LogP contribution in [0.1, 0.15) is 12.0 Å². The summed E-state index contributed by atoms with van der Waals surface area (Å²) in [6.45, 7) is 1.42. The van der Waals surface area contributed by atoms with Gasteiger partial charge < -0.3 is 5.32 Å². The van der Waals surface area contributed by atoms with Crippen LogP contribution < -0.4 is 5.32 Å². The van der Waals surface area contributed by atoms with Crippen LogP contribution in [0.2, 0.25) is 0 Å². The number of aromatic nitrogens is 1. The van der Waals surface area contributed by atoms with Crippen molar-refractivity contribution in [2.45, 2.75) is 12.8 Å². The summed E-state index contributed by atoms with van der Waals surface area (Å²) in [4.78, 5) is 4.01. The second-order valence-corrected chi connectivity index (χ2v) is 2.90. The van der Waals surface area contributed by atoms with E-state index in [1.54, 1.807) is 6.20 Å². The zero-order valence-electron chi connectivity index (χ0n) is 7.67. The van der Waals surface area contributed by atoms with E-state index >= 15 is 0 Å². The molecule has 0 aliphatic rings. The molecule has 72 valence electrons. The van der Waals surface area contributed by atoms with E-state index in [1.807, 2.05) is 18.3 Å². The number of pyridine rings is 1. The van der Waals surface area contributed by atoms with E-state index in [0.29, 0.717) is 6.42 Å². The summed E-state index contributed by atoms with van der Waals surface area (Å²) in [6.07, 6.45) is 5.18. The Bertz CT molecular complexity index is 213. The van der Waals surface area contributed by atoms with Crippen molar-refractivity contribution in [3.8, 4) is 0 Å². The first-order valence-corrected chi connectivity index (χ1v) is 4.59. The van der Waals surface area contributed by atoms with Gasteiger partial charge in [0, 0.05) is 12.4 Å². The number of alkyl halides is 1. The fourth-order valence-corrected chi connectivity index (χ4v) is 1.10. The van der Waals surface area contributed by atoms with Gasteiger partial charge in [-0.2, -0.15) is 0 Å². The normalized spacial score (nSPS) is 10.2. The molecule has 0 aromatic carbocycles. The molecule has 0 saturated heterocycles. The van der Waals surface area contributed by atoms with E-state index in [4.69, 9.17) is 0 Å². The molecule has 0 atom stereocenters. The molecule has 0 aliphatic carbocycles. The van der Waals surface area contributed by atoms with Crippen LogP contribution in [0.25, 0.3) is 0 Å². The summed E-state index contributed by atoms with van der Waals surface area (Å²) in [5, 5.41) is 3.17. The number of nitrogens with zero attached hydrogens (tertiary/aromatic N) is 1. The Morgan fingerprint density at radius 1 is 1.38 bits per heavy atom. The van der Waals surface area contributed by atoms with Gasteiger partial charge in [-0.25, -0.2) is 0 Å². The molecule has 0 radical (unpaired) electrons. The van der Waals surface area contributed by atoms with Crippen LogP contribution in [0.4, 0.5) is 4.39 Å². The fourth-order valence-electron chi connectivity index (χ4n) is 1.10. The number of rotatable bonds is 6. The lowest BCUT2D eigenvalue weighted by Gasteiger charge is -2.02. The topological polar surface area (TPSA) is 24.9 Å². The van der Waals surface area contributed by atoms with Crippen LogP contribution >= 0.6 is 0 Å². The maximum atomic E-state index is 11.7. The molecule has 1 N–H and O–H groups in total. The van der Waals surface area contributed by atoms with Gasteiger partial charge >= 0.3 is 0 Å². The average Bonchev–Trinajstić information content (AvgIpc) is 2.19. The summed E-state index contributed by atoms with van der Waals surface area (Å²) < 4.78 is 11.7. The molecular formula is C10H15FN2. The summed E-state index contributed by atoms with van der Waals surface area (Å²) in [5.74, 6) is 0. The lowest BCUT2D eigenvalue weighted by atomic mass is 10.2. The van der Waals surface area contributed by atoms with Gasteiger partial charge in [0.15, 0.2) is 0 Å². The second-order valence-electron chi connectivity index (χ2n) is 2.90. The third kappa shape index (κ3) is 4.58. The van der Waals surface area contributed by atoms with Gasteiger partial charge in [-0.05, 0) is 37.6 Å². The van der Waals surface area contributed by atoms with E-state index in [9.17, 15) is 4.39 Å². The molecule has 0 amide bonds. The van der Waals surface area contributed by atoms with Crippen molar-refractivity contribution < 1.29 is 4.39 Å². The summed E-state index contributed by atoms with van der Waals surface area (Å²) >= 11 is 0. The van der Waals surface area contributed by atoms with E-state index in [0.717, 1.165) is 19.5 Å². The van der Waals surface area contributed by atoms with E-state index in [1.165, 1.54) is 5.56 Å². The number of hydrogen-bond donors (Lipinski definition) is 1. The first-order chi connectivity index (χ1) is 6.43. The van der Waals surface area contributed by atoms with Crippen molar-refractivity contribution >= 4 is 0 Å². The van der Waals surface area contributed by atoms with Gasteiger partial charge in [0.1, 0.15) is 0 Å². The summed E-state index contributed by atoms with van der Waals surface area (Å²) in [5.41, 5.74) is 1.22. The molecule has 0 fully saturated rings. The zero-order valence-corrected chi connectivity index (χ0v) is 7.67. The first-order valence-electron chi connectivity index (χ1n) is 4.59. The van der Waals surface area contributed by atoms with Gasteiger partial charge in [-0.15, -0.1) is 0 Å². The van der Waals surface area contributed by atoms with Gasteiger partial charge in [0.05, 0.1) is 6.67 Å². The third-order valence-corrected chi connectivity index (χ3v) is 1.80. The second kappa shape index (κ2) is 6.54. The Morgan fingerprint density at radius 2 is 2.31 bits per heavy atom. The Balaban J connectivity index is 2.07. The maximum absolute atomic E-state index is 11.7. The van der Waals surface area contributed by atoms with Crippen molar-refractivity contribution in [1.82, 2.24) is 10.3 Å². The smallest absolute Gasteiger partial charge is 0.0906 e. The van der Waals surface area contributed by atoms with Crippen molar-refractivity contribution in [2.75, 3.05) is 19.8 Å². The molecule has 1 aromatic heterocycles. The lowest BCUT2D eigenvalue weighted by molar-refractivity contribution is 0.460. The number of halogens is 1. The lowest BCUT2D eigenvalue weighted by Crippen LogP contribution is -2.18. The molecule has 1 heterocycles. The Labute approximate surface area is 78.2 Å². The summed E-state index contributed by atoms with van der Waals surface area (Å²) in [6, 6.07) is 3.97. The van der Waals surface area contributed by atoms with Gasteiger partial charge in [0.2, 0.25) is 0 Å². The monoisotopic (exact) mass is 182 g/mol. The Kier molecular flexibility index (Phi) is 5.10. The minimum atomic E-state index is -0.236. The molecule has 3 heteroatoms. The Morgan fingerprint density at radius 3 is 3.00 bits per heavy atom. The van der Waals surface area contributed by atoms with E-state index in [-0.39, 0.29) is 6.67 Å². The van der Waals surface area contributed by atoms with Crippen LogP contribution in [0.3, 0.4) is 0 Å². The standard InChI is InChI=1S/C10H15FN2/c11-5-2-7-12-8-4-10-3-1-6-13-9-10/h1,3,6,9,12H,2,4-5,7-8H2. The van der Waals surface area contributed by atoms with Crippen molar-refractivity contribution in [3.63, 3.8) is 0 Å². The van der Waals surface area contributed by atoms with Crippen LogP contribution in [0.15, 0.2) is 24.5 Å². The van der Waals surface area contributed by atoms with Crippen molar-refractivity contribution in [2.24, 2.45) is 0 Å². The van der Waals surface area contributed by atoms with Crippen LogP contribution in [0, 0.1) is 0 Å². The molecule has 0 bridgehead atoms. The quantitative estimate of drug-likeness (QED) is 0.675. The molecule has 1 rings (SSSR count). The highest BCUT2D eigenvalue weighted by Crippen LogP contribution is 1.95. The minimum absolute atomic E-state index is 0.236. The minimum Gasteiger partial charge on any atom is -0.316 e. The fraction of sp³-hybridized carbons (Fsp3) is 0.500. The van der Waals surface area contributed by atoms with Gasteiger partial charge in [-0.3, -0.25) is 9.37 Å². The molecular weight excluding hydrogens is 167 g/mol.